The maximum atomic E-state index is 6.03. The summed E-state index contributed by atoms with van der Waals surface area (Å²) in [6, 6.07) is 10.6. The standard InChI is InChI=1S/C29H27N7OS/c1-18-4-5-27(38-18)24-16-31-17-26-22(24)12-25(33-26)28-23-11-20(14-32-29(23)35-34-28)19-10-21(15-30-13-19)37-9-8-36-6-2-3-7-36/h4-5,10-17,33H,2-3,6-9H2,1H3,(H,32,34,35). The van der Waals surface area contributed by atoms with Crippen molar-refractivity contribution in [2.24, 2.45) is 0 Å². The SMILES string of the molecule is Cc1ccc(-c2cncc3[nH]c(-c4n[nH]c5ncc(-c6cncc(OCCN7CCCC7)c6)cc45)cc23)s1. The van der Waals surface area contributed by atoms with Gasteiger partial charge in [0.25, 0.3) is 0 Å². The lowest BCUT2D eigenvalue weighted by molar-refractivity contribution is 0.237. The van der Waals surface area contributed by atoms with E-state index >= 15 is 0 Å². The molecule has 0 spiro atoms. The third-order valence-electron chi connectivity index (χ3n) is 7.14. The molecule has 8 nitrogen and oxygen atoms in total. The molecule has 2 N–H and O–H groups in total. The number of aryl methyl sites for hydroxylation is 1. The zero-order valence-corrected chi connectivity index (χ0v) is 21.9. The predicted octanol–water partition coefficient (Wildman–Crippen LogP) is 6.07. The normalized spacial score (nSPS) is 14.1. The molecule has 7 rings (SSSR count). The maximum Gasteiger partial charge on any atom is 0.155 e. The van der Waals surface area contributed by atoms with Crippen molar-refractivity contribution in [2.75, 3.05) is 26.2 Å². The summed E-state index contributed by atoms with van der Waals surface area (Å²) < 4.78 is 6.03. The molecule has 0 aliphatic carbocycles. The van der Waals surface area contributed by atoms with Crippen LogP contribution >= 0.6 is 11.3 Å². The van der Waals surface area contributed by atoms with E-state index in [0.717, 1.165) is 62.3 Å². The van der Waals surface area contributed by atoms with Gasteiger partial charge in [-0.1, -0.05) is 0 Å². The van der Waals surface area contributed by atoms with Gasteiger partial charge >= 0.3 is 0 Å². The minimum atomic E-state index is 0.663. The second kappa shape index (κ2) is 9.66. The smallest absolute Gasteiger partial charge is 0.155 e. The second-order valence-corrected chi connectivity index (χ2v) is 11.0. The molecule has 1 fully saturated rings. The van der Waals surface area contributed by atoms with Crippen LogP contribution in [-0.2, 0) is 0 Å². The van der Waals surface area contributed by atoms with Crippen LogP contribution < -0.4 is 4.74 Å². The molecule has 0 radical (unpaired) electrons. The lowest BCUT2D eigenvalue weighted by Crippen LogP contribution is -2.25. The lowest BCUT2D eigenvalue weighted by Gasteiger charge is -2.15. The van der Waals surface area contributed by atoms with Gasteiger partial charge in [0.05, 0.1) is 23.6 Å². The van der Waals surface area contributed by atoms with Crippen LogP contribution in [0.2, 0.25) is 0 Å². The molecule has 1 saturated heterocycles. The Balaban J connectivity index is 1.20. The Kier molecular flexibility index (Phi) is 5.87. The first-order valence-electron chi connectivity index (χ1n) is 12.9. The molecule has 0 amide bonds. The summed E-state index contributed by atoms with van der Waals surface area (Å²) in [4.78, 5) is 22.0. The fourth-order valence-corrected chi connectivity index (χ4v) is 6.07. The Morgan fingerprint density at radius 2 is 1.82 bits per heavy atom. The maximum absolute atomic E-state index is 6.03. The number of aromatic nitrogens is 6. The number of thiophene rings is 1. The first kappa shape index (κ1) is 23.1. The van der Waals surface area contributed by atoms with E-state index in [1.807, 2.05) is 30.9 Å². The summed E-state index contributed by atoms with van der Waals surface area (Å²) in [5, 5.41) is 9.77. The summed E-state index contributed by atoms with van der Waals surface area (Å²) in [6.07, 6.45) is 11.8. The quantitative estimate of drug-likeness (QED) is 0.265. The molecule has 0 bridgehead atoms. The number of hydrogen-bond donors (Lipinski definition) is 2. The highest BCUT2D eigenvalue weighted by Gasteiger charge is 2.16. The van der Waals surface area contributed by atoms with Gasteiger partial charge in [0, 0.05) is 62.4 Å². The number of aromatic amines is 2. The first-order valence-corrected chi connectivity index (χ1v) is 13.7. The van der Waals surface area contributed by atoms with Crippen molar-refractivity contribution in [3.63, 3.8) is 0 Å². The van der Waals surface area contributed by atoms with Gasteiger partial charge in [0.1, 0.15) is 18.1 Å². The van der Waals surface area contributed by atoms with Gasteiger partial charge in [-0.15, -0.1) is 11.3 Å². The summed E-state index contributed by atoms with van der Waals surface area (Å²) in [5.41, 5.74) is 6.50. The van der Waals surface area contributed by atoms with Crippen molar-refractivity contribution in [1.82, 2.24) is 35.0 Å². The van der Waals surface area contributed by atoms with Crippen molar-refractivity contribution in [3.8, 4) is 38.7 Å². The van der Waals surface area contributed by atoms with Crippen LogP contribution in [0.15, 0.2) is 61.3 Å². The topological polar surface area (TPSA) is 95.6 Å². The van der Waals surface area contributed by atoms with E-state index in [1.165, 1.54) is 35.7 Å². The molecule has 1 aliphatic heterocycles. The number of hydrogen-bond acceptors (Lipinski definition) is 7. The number of H-pyrrole nitrogens is 2. The number of nitrogens with one attached hydrogen (secondary N) is 2. The summed E-state index contributed by atoms with van der Waals surface area (Å²) in [5.74, 6) is 0.772. The molecule has 9 heteroatoms. The molecular weight excluding hydrogens is 494 g/mol. The third kappa shape index (κ3) is 4.33. The van der Waals surface area contributed by atoms with Gasteiger partial charge in [0.2, 0.25) is 0 Å². The molecule has 0 unspecified atom stereocenters. The Morgan fingerprint density at radius 1 is 0.947 bits per heavy atom. The minimum Gasteiger partial charge on any atom is -0.491 e. The number of rotatable bonds is 7. The number of pyridine rings is 3. The monoisotopic (exact) mass is 521 g/mol. The van der Waals surface area contributed by atoms with E-state index in [0.29, 0.717) is 6.61 Å². The molecule has 0 aromatic carbocycles. The van der Waals surface area contributed by atoms with Gasteiger partial charge in [-0.2, -0.15) is 5.10 Å². The average Bonchev–Trinajstić information content (AvgIpc) is 3.74. The van der Waals surface area contributed by atoms with E-state index < -0.39 is 0 Å². The molecule has 7 heterocycles. The van der Waals surface area contributed by atoms with Gasteiger partial charge in [-0.05, 0) is 63.2 Å². The fourth-order valence-electron chi connectivity index (χ4n) is 5.18. The average molecular weight is 522 g/mol. The van der Waals surface area contributed by atoms with Gasteiger partial charge in [-0.25, -0.2) is 4.98 Å². The highest BCUT2D eigenvalue weighted by atomic mass is 32.1. The minimum absolute atomic E-state index is 0.663. The first-order chi connectivity index (χ1) is 18.7. The Labute approximate surface area is 223 Å². The summed E-state index contributed by atoms with van der Waals surface area (Å²) >= 11 is 1.77. The molecule has 0 atom stereocenters. The van der Waals surface area contributed by atoms with Gasteiger partial charge < -0.3 is 9.72 Å². The van der Waals surface area contributed by atoms with Crippen LogP contribution in [0.3, 0.4) is 0 Å². The Hall–Kier alpha value is -4.08. The lowest BCUT2D eigenvalue weighted by atomic mass is 10.1. The molecule has 6 aromatic heterocycles. The van der Waals surface area contributed by atoms with E-state index in [1.54, 1.807) is 17.5 Å². The summed E-state index contributed by atoms with van der Waals surface area (Å²) in [7, 11) is 0. The largest absolute Gasteiger partial charge is 0.491 e. The van der Waals surface area contributed by atoms with Crippen molar-refractivity contribution < 1.29 is 4.74 Å². The highest BCUT2D eigenvalue weighted by Crippen LogP contribution is 2.36. The van der Waals surface area contributed by atoms with E-state index in [2.05, 4.69) is 66.2 Å². The van der Waals surface area contributed by atoms with Crippen molar-refractivity contribution in [2.45, 2.75) is 19.8 Å². The van der Waals surface area contributed by atoms with Crippen LogP contribution in [0, 0.1) is 6.92 Å². The van der Waals surface area contributed by atoms with Gasteiger partial charge in [0.15, 0.2) is 5.65 Å². The second-order valence-electron chi connectivity index (χ2n) is 9.74. The van der Waals surface area contributed by atoms with Crippen LogP contribution in [0.4, 0.5) is 0 Å². The van der Waals surface area contributed by atoms with E-state index in [-0.39, 0.29) is 0 Å². The zero-order chi connectivity index (χ0) is 25.5. The molecule has 0 saturated carbocycles. The van der Waals surface area contributed by atoms with Gasteiger partial charge in [-0.3, -0.25) is 20.0 Å². The number of likely N-dealkylation sites (tertiary alicyclic amines) is 1. The molecular formula is C29H27N7OS. The predicted molar refractivity (Wildman–Crippen MR) is 151 cm³/mol. The highest BCUT2D eigenvalue weighted by molar-refractivity contribution is 7.15. The molecule has 6 aromatic rings. The van der Waals surface area contributed by atoms with Crippen molar-refractivity contribution >= 4 is 33.3 Å². The van der Waals surface area contributed by atoms with E-state index in [4.69, 9.17) is 4.74 Å². The Morgan fingerprint density at radius 3 is 2.68 bits per heavy atom. The number of nitrogens with zero attached hydrogens (tertiary/aromatic N) is 5. The number of ether oxygens (including phenoxy) is 1. The van der Waals surface area contributed by atoms with Crippen molar-refractivity contribution in [3.05, 3.63) is 66.2 Å². The van der Waals surface area contributed by atoms with Crippen LogP contribution in [0.25, 0.3) is 54.9 Å². The molecule has 1 aliphatic rings. The third-order valence-corrected chi connectivity index (χ3v) is 8.18. The fraction of sp³-hybridized carbons (Fsp3) is 0.241. The number of fused-ring (bicyclic) bond motifs is 2. The van der Waals surface area contributed by atoms with Crippen molar-refractivity contribution in [1.29, 1.82) is 0 Å². The molecule has 190 valence electrons. The van der Waals surface area contributed by atoms with Crippen LogP contribution in [-0.4, -0.2) is 61.3 Å². The van der Waals surface area contributed by atoms with E-state index in [9.17, 15) is 0 Å². The molecule has 38 heavy (non-hydrogen) atoms. The Bertz CT molecular complexity index is 1740. The summed E-state index contributed by atoms with van der Waals surface area (Å²) in [6.45, 7) is 6.07. The zero-order valence-electron chi connectivity index (χ0n) is 21.1. The van der Waals surface area contributed by atoms with Crippen LogP contribution in [0.5, 0.6) is 5.75 Å². The van der Waals surface area contributed by atoms with Crippen LogP contribution in [0.1, 0.15) is 17.7 Å².